The molecule has 3 saturated carbocycles. The van der Waals surface area contributed by atoms with E-state index >= 15 is 0 Å². The second-order valence-electron chi connectivity index (χ2n) is 12.1. The van der Waals surface area contributed by atoms with Gasteiger partial charge in [0.2, 0.25) is 4.90 Å². The quantitative estimate of drug-likeness (QED) is 0.384. The van der Waals surface area contributed by atoms with E-state index in [0.29, 0.717) is 16.7 Å². The summed E-state index contributed by atoms with van der Waals surface area (Å²) in [7, 11) is 0. The number of aliphatic hydroxyl groups is 1. The molecule has 0 spiro atoms. The topological polar surface area (TPSA) is 46.3 Å². The zero-order valence-electron chi connectivity index (χ0n) is 20.3. The molecule has 0 radical (unpaired) electrons. The molecule has 4 aliphatic rings. The van der Waals surface area contributed by atoms with Crippen LogP contribution in [0.1, 0.15) is 76.7 Å². The van der Waals surface area contributed by atoms with E-state index in [-0.39, 0.29) is 6.10 Å². The fraction of sp³-hybridized carbons (Fsp3) is 0.567. The summed E-state index contributed by atoms with van der Waals surface area (Å²) in [5.41, 5.74) is 5.89. The van der Waals surface area contributed by atoms with Gasteiger partial charge >= 0.3 is 0 Å². The van der Waals surface area contributed by atoms with Gasteiger partial charge in [0.1, 0.15) is 5.69 Å². The Kier molecular flexibility index (Phi) is 4.74. The molecule has 4 heteroatoms. The normalized spacial score (nSPS) is 39.4. The summed E-state index contributed by atoms with van der Waals surface area (Å²) >= 11 is 1.73. The van der Waals surface area contributed by atoms with Crippen molar-refractivity contribution in [2.75, 3.05) is 0 Å². The number of hydrogen-bond acceptors (Lipinski definition) is 4. The number of aromatic nitrogens is 1. The lowest BCUT2D eigenvalue weighted by Crippen LogP contribution is -2.50. The summed E-state index contributed by atoms with van der Waals surface area (Å²) < 4.78 is 5.82. The van der Waals surface area contributed by atoms with E-state index in [0.717, 1.165) is 46.7 Å². The van der Waals surface area contributed by atoms with Crippen molar-refractivity contribution in [1.29, 1.82) is 0 Å². The Balaban J connectivity index is 1.25. The lowest BCUT2D eigenvalue weighted by Gasteiger charge is -2.58. The first-order valence-electron chi connectivity index (χ1n) is 13.3. The number of fused-ring (bicyclic) bond motifs is 6. The average Bonchev–Trinajstić information content (AvgIpc) is 3.53. The van der Waals surface area contributed by atoms with Crippen molar-refractivity contribution in [3.8, 4) is 11.3 Å². The second kappa shape index (κ2) is 7.54. The number of rotatable bonds is 2. The molecular formula is C30H35NO2S. The van der Waals surface area contributed by atoms with Crippen molar-refractivity contribution in [2.45, 2.75) is 77.2 Å². The summed E-state index contributed by atoms with van der Waals surface area (Å²) in [6, 6.07) is 10.5. The van der Waals surface area contributed by atoms with Crippen LogP contribution in [0, 0.1) is 28.6 Å². The first kappa shape index (κ1) is 21.4. The Hall–Kier alpha value is -1.91. The third kappa shape index (κ3) is 2.88. The number of allylic oxidation sites excluding steroid dienone is 1. The van der Waals surface area contributed by atoms with E-state index in [1.165, 1.54) is 49.5 Å². The van der Waals surface area contributed by atoms with Crippen molar-refractivity contribution in [3.05, 3.63) is 52.9 Å². The van der Waals surface area contributed by atoms with Crippen LogP contribution in [0.2, 0.25) is 0 Å². The van der Waals surface area contributed by atoms with Gasteiger partial charge < -0.3 is 9.63 Å². The zero-order chi connectivity index (χ0) is 23.1. The number of hydrogen-bond donors (Lipinski definition) is 1. The van der Waals surface area contributed by atoms with E-state index in [1.807, 2.05) is 0 Å². The molecular weight excluding hydrogens is 438 g/mol. The van der Waals surface area contributed by atoms with Crippen LogP contribution in [0.4, 0.5) is 0 Å². The summed E-state index contributed by atoms with van der Waals surface area (Å²) in [5.74, 6) is 2.95. The smallest absolute Gasteiger partial charge is 0.221 e. The monoisotopic (exact) mass is 473 g/mol. The van der Waals surface area contributed by atoms with E-state index < -0.39 is 0 Å². The fourth-order valence-electron chi connectivity index (χ4n) is 8.99. The molecule has 1 N–H and O–H groups in total. The molecule has 0 saturated heterocycles. The van der Waals surface area contributed by atoms with Crippen molar-refractivity contribution in [1.82, 2.24) is 5.16 Å². The second-order valence-corrected chi connectivity index (χ2v) is 12.9. The molecule has 178 valence electrons. The van der Waals surface area contributed by atoms with Crippen LogP contribution >= 0.6 is 11.3 Å². The van der Waals surface area contributed by atoms with E-state index in [9.17, 15) is 5.11 Å². The highest BCUT2D eigenvalue weighted by atomic mass is 32.1. The molecule has 0 bridgehead atoms. The SMILES string of the molecule is C[C@]12CC[C@H]3[C@@H](CC=C4C[C@@H](O)CC[C@@]43C)[C@@H]1CC[C@@H]2c1csc2onc(-c3ccccc3)c12. The minimum atomic E-state index is -0.121. The van der Waals surface area contributed by atoms with Crippen molar-refractivity contribution < 1.29 is 9.63 Å². The predicted molar refractivity (Wildman–Crippen MR) is 138 cm³/mol. The largest absolute Gasteiger partial charge is 0.393 e. The highest BCUT2D eigenvalue weighted by Gasteiger charge is 2.59. The Morgan fingerprint density at radius 3 is 2.74 bits per heavy atom. The van der Waals surface area contributed by atoms with Gasteiger partial charge in [-0.25, -0.2) is 0 Å². The summed E-state index contributed by atoms with van der Waals surface area (Å²) in [6.07, 6.45) is 12.0. The van der Waals surface area contributed by atoms with Gasteiger partial charge in [0, 0.05) is 5.56 Å². The summed E-state index contributed by atoms with van der Waals surface area (Å²) in [6.45, 7) is 5.14. The maximum Gasteiger partial charge on any atom is 0.221 e. The van der Waals surface area contributed by atoms with Gasteiger partial charge in [-0.05, 0) is 96.8 Å². The van der Waals surface area contributed by atoms with E-state index in [2.05, 4.69) is 60.8 Å². The molecule has 3 aromatic rings. The van der Waals surface area contributed by atoms with Gasteiger partial charge in [-0.15, -0.1) is 11.3 Å². The first-order valence-corrected chi connectivity index (χ1v) is 14.2. The van der Waals surface area contributed by atoms with Crippen molar-refractivity contribution in [3.63, 3.8) is 0 Å². The predicted octanol–water partition coefficient (Wildman–Crippen LogP) is 7.96. The van der Waals surface area contributed by atoms with Gasteiger partial charge in [-0.3, -0.25) is 0 Å². The third-order valence-electron chi connectivity index (χ3n) is 10.7. The van der Waals surface area contributed by atoms with Gasteiger partial charge in [0.15, 0.2) is 0 Å². The lowest BCUT2D eigenvalue weighted by atomic mass is 9.47. The Labute approximate surface area is 206 Å². The summed E-state index contributed by atoms with van der Waals surface area (Å²) in [5, 5.41) is 18.5. The molecule has 1 aromatic carbocycles. The number of thiophene rings is 1. The zero-order valence-corrected chi connectivity index (χ0v) is 21.1. The Morgan fingerprint density at radius 2 is 1.88 bits per heavy atom. The molecule has 0 unspecified atom stereocenters. The van der Waals surface area contributed by atoms with Crippen LogP contribution in [-0.4, -0.2) is 16.4 Å². The molecule has 0 aliphatic heterocycles. The maximum atomic E-state index is 10.3. The van der Waals surface area contributed by atoms with Crippen LogP contribution in [0.15, 0.2) is 51.9 Å². The van der Waals surface area contributed by atoms with E-state index in [4.69, 9.17) is 4.52 Å². The number of nitrogens with zero attached hydrogens (tertiary/aromatic N) is 1. The molecule has 3 nitrogen and oxygen atoms in total. The Bertz CT molecular complexity index is 1260. The van der Waals surface area contributed by atoms with Crippen LogP contribution in [0.5, 0.6) is 0 Å². The minimum Gasteiger partial charge on any atom is -0.393 e. The highest BCUT2D eigenvalue weighted by molar-refractivity contribution is 7.16. The van der Waals surface area contributed by atoms with Crippen LogP contribution in [0.3, 0.4) is 0 Å². The van der Waals surface area contributed by atoms with Gasteiger partial charge in [-0.1, -0.05) is 61.0 Å². The fourth-order valence-corrected chi connectivity index (χ4v) is 9.92. The molecule has 2 heterocycles. The molecule has 0 amide bonds. The average molecular weight is 474 g/mol. The van der Waals surface area contributed by atoms with E-state index in [1.54, 1.807) is 16.9 Å². The van der Waals surface area contributed by atoms with Crippen LogP contribution in [0.25, 0.3) is 21.5 Å². The lowest BCUT2D eigenvalue weighted by molar-refractivity contribution is -0.0408. The number of aliphatic hydroxyl groups excluding tert-OH is 1. The number of benzene rings is 1. The molecule has 2 aromatic heterocycles. The molecule has 4 aliphatic carbocycles. The van der Waals surface area contributed by atoms with Crippen molar-refractivity contribution >= 4 is 21.6 Å². The molecule has 7 atom stereocenters. The van der Waals surface area contributed by atoms with Crippen LogP contribution in [-0.2, 0) is 0 Å². The summed E-state index contributed by atoms with van der Waals surface area (Å²) in [4.78, 5) is 0.980. The molecule has 7 rings (SSSR count). The van der Waals surface area contributed by atoms with Crippen molar-refractivity contribution in [2.24, 2.45) is 28.6 Å². The van der Waals surface area contributed by atoms with Gasteiger partial charge in [0.05, 0.1) is 11.5 Å². The Morgan fingerprint density at radius 1 is 1.03 bits per heavy atom. The van der Waals surface area contributed by atoms with Gasteiger partial charge in [0.25, 0.3) is 0 Å². The minimum absolute atomic E-state index is 0.121. The first-order chi connectivity index (χ1) is 16.5. The maximum absolute atomic E-state index is 10.3. The molecule has 3 fully saturated rings. The molecule has 34 heavy (non-hydrogen) atoms. The van der Waals surface area contributed by atoms with Gasteiger partial charge in [-0.2, -0.15) is 0 Å². The van der Waals surface area contributed by atoms with Crippen LogP contribution < -0.4 is 0 Å². The standard InChI is InChI=1S/C30H35NO2S/c1-29-14-12-20(32)16-19(29)8-9-21-23-10-11-24(30(23,2)15-13-25(21)29)22-17-34-28-26(22)27(31-33-28)18-6-4-3-5-7-18/h3-8,17,20-21,23-25,32H,9-16H2,1-2H3/t20-,21-,23-,24+,25-,29-,30-/m0/s1. The third-order valence-corrected chi connectivity index (χ3v) is 11.6. The highest BCUT2D eigenvalue weighted by Crippen LogP contribution is 2.68.